The summed E-state index contributed by atoms with van der Waals surface area (Å²) in [5.74, 6) is 0. The number of rotatable bonds is 6. The van der Waals surface area contributed by atoms with Crippen LogP contribution in [0, 0.1) is 0 Å². The highest BCUT2D eigenvalue weighted by Gasteiger charge is 2.08. The molecular weight excluding hydrogens is 190 g/mol. The average molecular weight is 209 g/mol. The Morgan fingerprint density at radius 2 is 2.27 bits per heavy atom. The molecule has 3 nitrogen and oxygen atoms in total. The predicted molar refractivity (Wildman–Crippen MR) is 59.7 cm³/mol. The zero-order chi connectivity index (χ0) is 11.1. The Labute approximate surface area is 91.1 Å². The molecule has 1 heterocycles. The van der Waals surface area contributed by atoms with Crippen LogP contribution < -0.4 is 0 Å². The van der Waals surface area contributed by atoms with E-state index in [9.17, 15) is 5.11 Å². The number of methoxy groups -OCH3 is 1. The summed E-state index contributed by atoms with van der Waals surface area (Å²) in [4.78, 5) is 4.01. The molecule has 0 bridgehead atoms. The van der Waals surface area contributed by atoms with Crippen LogP contribution in [0.5, 0.6) is 0 Å². The minimum Gasteiger partial charge on any atom is -0.393 e. The lowest BCUT2D eigenvalue weighted by Crippen LogP contribution is -2.14. The lowest BCUT2D eigenvalue weighted by Gasteiger charge is -2.13. The molecule has 84 valence electrons. The third kappa shape index (κ3) is 4.91. The van der Waals surface area contributed by atoms with Crippen molar-refractivity contribution >= 4 is 0 Å². The third-order valence-electron chi connectivity index (χ3n) is 2.50. The van der Waals surface area contributed by atoms with E-state index in [-0.39, 0.29) is 12.2 Å². The van der Waals surface area contributed by atoms with Gasteiger partial charge in [-0.3, -0.25) is 4.98 Å². The van der Waals surface area contributed by atoms with Gasteiger partial charge in [0.05, 0.1) is 12.2 Å². The van der Waals surface area contributed by atoms with Crippen molar-refractivity contribution in [2.45, 2.75) is 38.4 Å². The van der Waals surface area contributed by atoms with E-state index in [0.717, 1.165) is 18.4 Å². The molecule has 2 atom stereocenters. The molecule has 0 aliphatic carbocycles. The van der Waals surface area contributed by atoms with Gasteiger partial charge in [0.25, 0.3) is 0 Å². The van der Waals surface area contributed by atoms with Gasteiger partial charge in [-0.2, -0.15) is 0 Å². The number of nitrogens with zero attached hydrogens (tertiary/aromatic N) is 1. The second-order valence-corrected chi connectivity index (χ2v) is 3.84. The molecule has 0 saturated carbocycles. The number of hydrogen-bond acceptors (Lipinski definition) is 3. The number of aromatic nitrogens is 1. The van der Waals surface area contributed by atoms with E-state index < -0.39 is 0 Å². The van der Waals surface area contributed by atoms with Gasteiger partial charge in [0.1, 0.15) is 0 Å². The zero-order valence-electron chi connectivity index (χ0n) is 9.39. The van der Waals surface area contributed by atoms with Gasteiger partial charge in [0, 0.05) is 19.5 Å². The molecule has 0 radical (unpaired) electrons. The standard InChI is InChI=1S/C12H19NO2/c1-10(15-2)5-6-12(14)8-11-4-3-7-13-9-11/h3-4,7,9-10,12,14H,5-6,8H2,1-2H3. The maximum atomic E-state index is 9.76. The van der Waals surface area contributed by atoms with Gasteiger partial charge < -0.3 is 9.84 Å². The maximum absolute atomic E-state index is 9.76. The minimum atomic E-state index is -0.299. The summed E-state index contributed by atoms with van der Waals surface area (Å²) < 4.78 is 5.13. The van der Waals surface area contributed by atoms with E-state index in [4.69, 9.17) is 4.74 Å². The number of aliphatic hydroxyl groups is 1. The van der Waals surface area contributed by atoms with Gasteiger partial charge in [-0.05, 0) is 37.8 Å². The monoisotopic (exact) mass is 209 g/mol. The van der Waals surface area contributed by atoms with Crippen molar-refractivity contribution in [3.63, 3.8) is 0 Å². The van der Waals surface area contributed by atoms with Gasteiger partial charge in [-0.1, -0.05) is 6.07 Å². The van der Waals surface area contributed by atoms with Crippen LogP contribution in [-0.4, -0.2) is 29.4 Å². The van der Waals surface area contributed by atoms with Crippen LogP contribution in [0.25, 0.3) is 0 Å². The van der Waals surface area contributed by atoms with Crippen molar-refractivity contribution < 1.29 is 9.84 Å². The van der Waals surface area contributed by atoms with Crippen molar-refractivity contribution in [1.29, 1.82) is 0 Å². The Morgan fingerprint density at radius 3 is 2.87 bits per heavy atom. The van der Waals surface area contributed by atoms with Gasteiger partial charge in [0.2, 0.25) is 0 Å². The second kappa shape index (κ2) is 6.53. The molecule has 1 rings (SSSR count). The summed E-state index contributed by atoms with van der Waals surface area (Å²) in [6, 6.07) is 3.87. The third-order valence-corrected chi connectivity index (χ3v) is 2.50. The Kier molecular flexibility index (Phi) is 5.29. The topological polar surface area (TPSA) is 42.4 Å². The van der Waals surface area contributed by atoms with E-state index >= 15 is 0 Å². The fraction of sp³-hybridized carbons (Fsp3) is 0.583. The van der Waals surface area contributed by atoms with Crippen LogP contribution in [0.15, 0.2) is 24.5 Å². The van der Waals surface area contributed by atoms with Crippen LogP contribution in [-0.2, 0) is 11.2 Å². The normalized spacial score (nSPS) is 14.9. The molecule has 0 spiro atoms. The Bertz CT molecular complexity index is 264. The number of ether oxygens (including phenoxy) is 1. The summed E-state index contributed by atoms with van der Waals surface area (Å²) in [6.45, 7) is 2.01. The van der Waals surface area contributed by atoms with Crippen molar-refractivity contribution in [2.24, 2.45) is 0 Å². The molecule has 15 heavy (non-hydrogen) atoms. The summed E-state index contributed by atoms with van der Waals surface area (Å²) in [5, 5.41) is 9.76. The summed E-state index contributed by atoms with van der Waals surface area (Å²) >= 11 is 0. The van der Waals surface area contributed by atoms with E-state index in [0.29, 0.717) is 6.42 Å². The molecule has 0 aromatic carbocycles. The molecule has 0 fully saturated rings. The molecule has 1 N–H and O–H groups in total. The predicted octanol–water partition coefficient (Wildman–Crippen LogP) is 1.80. The number of aliphatic hydroxyl groups excluding tert-OH is 1. The van der Waals surface area contributed by atoms with Crippen LogP contribution in [0.3, 0.4) is 0 Å². The quantitative estimate of drug-likeness (QED) is 0.776. The molecule has 0 aliphatic heterocycles. The molecule has 3 heteroatoms. The number of pyridine rings is 1. The molecular formula is C12H19NO2. The first-order chi connectivity index (χ1) is 7.22. The molecule has 1 aromatic rings. The molecule has 0 saturated heterocycles. The zero-order valence-corrected chi connectivity index (χ0v) is 9.39. The van der Waals surface area contributed by atoms with Crippen LogP contribution >= 0.6 is 0 Å². The minimum absolute atomic E-state index is 0.216. The van der Waals surface area contributed by atoms with E-state index in [1.807, 2.05) is 19.1 Å². The summed E-state index contributed by atoms with van der Waals surface area (Å²) in [6.07, 6.45) is 5.78. The van der Waals surface area contributed by atoms with Gasteiger partial charge in [-0.25, -0.2) is 0 Å². The largest absolute Gasteiger partial charge is 0.393 e. The van der Waals surface area contributed by atoms with Gasteiger partial charge in [-0.15, -0.1) is 0 Å². The SMILES string of the molecule is COC(C)CCC(O)Cc1cccnc1. The van der Waals surface area contributed by atoms with Crippen molar-refractivity contribution in [2.75, 3.05) is 7.11 Å². The molecule has 0 aliphatic rings. The highest BCUT2D eigenvalue weighted by molar-refractivity contribution is 5.09. The molecule has 2 unspecified atom stereocenters. The fourth-order valence-corrected chi connectivity index (χ4v) is 1.44. The van der Waals surface area contributed by atoms with Crippen molar-refractivity contribution in [3.8, 4) is 0 Å². The highest BCUT2D eigenvalue weighted by Crippen LogP contribution is 2.09. The van der Waals surface area contributed by atoms with E-state index in [1.165, 1.54) is 0 Å². The number of hydrogen-bond donors (Lipinski definition) is 1. The lowest BCUT2D eigenvalue weighted by atomic mass is 10.0. The van der Waals surface area contributed by atoms with Gasteiger partial charge >= 0.3 is 0 Å². The van der Waals surface area contributed by atoms with Gasteiger partial charge in [0.15, 0.2) is 0 Å². The smallest absolute Gasteiger partial charge is 0.0582 e. The maximum Gasteiger partial charge on any atom is 0.0582 e. The van der Waals surface area contributed by atoms with Crippen LogP contribution in [0.4, 0.5) is 0 Å². The van der Waals surface area contributed by atoms with Crippen molar-refractivity contribution in [3.05, 3.63) is 30.1 Å². The summed E-state index contributed by atoms with van der Waals surface area (Å²) in [7, 11) is 1.69. The van der Waals surface area contributed by atoms with Crippen LogP contribution in [0.2, 0.25) is 0 Å². The van der Waals surface area contributed by atoms with Crippen molar-refractivity contribution in [1.82, 2.24) is 4.98 Å². The second-order valence-electron chi connectivity index (χ2n) is 3.84. The fourth-order valence-electron chi connectivity index (χ4n) is 1.44. The first kappa shape index (κ1) is 12.1. The Hall–Kier alpha value is -0.930. The Morgan fingerprint density at radius 1 is 1.47 bits per heavy atom. The highest BCUT2D eigenvalue weighted by atomic mass is 16.5. The average Bonchev–Trinajstić information content (AvgIpc) is 2.27. The van der Waals surface area contributed by atoms with E-state index in [2.05, 4.69) is 4.98 Å². The molecule has 0 amide bonds. The molecule has 1 aromatic heterocycles. The lowest BCUT2D eigenvalue weighted by molar-refractivity contribution is 0.0851. The Balaban J connectivity index is 2.27. The first-order valence-electron chi connectivity index (χ1n) is 5.32. The van der Waals surface area contributed by atoms with E-state index in [1.54, 1.807) is 19.5 Å². The first-order valence-corrected chi connectivity index (χ1v) is 5.32. The van der Waals surface area contributed by atoms with Crippen LogP contribution in [0.1, 0.15) is 25.3 Å². The summed E-state index contributed by atoms with van der Waals surface area (Å²) in [5.41, 5.74) is 1.08.